The van der Waals surface area contributed by atoms with Gasteiger partial charge in [0.2, 0.25) is 5.91 Å². The number of carbonyl (C=O) groups excluding carboxylic acids is 4. The van der Waals surface area contributed by atoms with Crippen molar-refractivity contribution < 1.29 is 33.4 Å². The summed E-state index contributed by atoms with van der Waals surface area (Å²) >= 11 is 0. The maximum absolute atomic E-state index is 13.9. The Hall–Kier alpha value is -4.41. The highest BCUT2D eigenvalue weighted by atomic mass is 35.5. The molecule has 0 aliphatic carbocycles. The fourth-order valence-corrected chi connectivity index (χ4v) is 5.14. The van der Waals surface area contributed by atoms with Gasteiger partial charge in [-0.25, -0.2) is 4.79 Å². The lowest BCUT2D eigenvalue weighted by Crippen LogP contribution is -2.53. The zero-order valence-corrected chi connectivity index (χ0v) is 26.8. The number of anilines is 1. The maximum atomic E-state index is 13.9. The van der Waals surface area contributed by atoms with Crippen molar-refractivity contribution in [2.75, 3.05) is 24.6 Å². The smallest absolute Gasteiger partial charge is 0.407 e. The molecule has 0 aromatic heterocycles. The van der Waals surface area contributed by atoms with E-state index in [1.54, 1.807) is 6.92 Å². The van der Waals surface area contributed by atoms with Crippen molar-refractivity contribution in [3.63, 3.8) is 0 Å². The van der Waals surface area contributed by atoms with E-state index in [0.29, 0.717) is 44.3 Å². The van der Waals surface area contributed by atoms with Crippen LogP contribution in [0.1, 0.15) is 49.3 Å². The van der Waals surface area contributed by atoms with Crippen molar-refractivity contribution >= 4 is 42.0 Å². The van der Waals surface area contributed by atoms with Gasteiger partial charge >= 0.3 is 18.0 Å². The van der Waals surface area contributed by atoms with Crippen molar-refractivity contribution in [2.24, 2.45) is 0 Å². The molecule has 0 saturated heterocycles. The molecule has 1 aliphatic heterocycles. The minimum absolute atomic E-state index is 0. The van der Waals surface area contributed by atoms with Crippen molar-refractivity contribution in [1.29, 1.82) is 0 Å². The van der Waals surface area contributed by atoms with Crippen molar-refractivity contribution in [1.82, 2.24) is 10.6 Å². The van der Waals surface area contributed by atoms with Crippen LogP contribution in [0, 0.1) is 0 Å². The molecule has 0 saturated carbocycles. The van der Waals surface area contributed by atoms with Crippen molar-refractivity contribution in [3.8, 4) is 0 Å². The lowest BCUT2D eigenvalue weighted by Gasteiger charge is -2.28. The Bertz CT molecular complexity index is 1410. The van der Waals surface area contributed by atoms with Gasteiger partial charge in [-0.2, -0.15) is 0 Å². The molecule has 10 nitrogen and oxygen atoms in total. The van der Waals surface area contributed by atoms with Gasteiger partial charge in [-0.15, -0.1) is 12.4 Å². The molecule has 0 spiro atoms. The average Bonchev–Trinajstić information content (AvgIpc) is 3.19. The van der Waals surface area contributed by atoms with E-state index < -0.39 is 30.1 Å². The molecular formula is C35H42ClN3O7. The number of unbranched alkanes of at least 4 members (excludes halogenated alkanes) is 1. The Morgan fingerprint density at radius 1 is 0.848 bits per heavy atom. The van der Waals surface area contributed by atoms with E-state index >= 15 is 0 Å². The van der Waals surface area contributed by atoms with E-state index in [2.05, 4.69) is 10.6 Å². The predicted molar refractivity (Wildman–Crippen MR) is 176 cm³/mol. The van der Waals surface area contributed by atoms with Gasteiger partial charge in [-0.1, -0.05) is 78.9 Å². The molecule has 46 heavy (non-hydrogen) atoms. The van der Waals surface area contributed by atoms with Crippen LogP contribution in [-0.4, -0.2) is 55.7 Å². The van der Waals surface area contributed by atoms with Crippen LogP contribution in [0.4, 0.5) is 10.5 Å². The largest absolute Gasteiger partial charge is 0.465 e. The number of esters is 2. The third-order valence-electron chi connectivity index (χ3n) is 7.45. The van der Waals surface area contributed by atoms with Crippen LogP contribution in [0.15, 0.2) is 84.9 Å². The predicted octanol–water partition coefficient (Wildman–Crippen LogP) is 5.12. The summed E-state index contributed by atoms with van der Waals surface area (Å²) in [5.74, 6) is -1.29. The van der Waals surface area contributed by atoms with Gasteiger partial charge in [0.05, 0.1) is 12.6 Å². The number of aryl methyl sites for hydroxylation is 1. The third kappa shape index (κ3) is 11.2. The summed E-state index contributed by atoms with van der Waals surface area (Å²) in [4.78, 5) is 53.2. The number of alkyl carbamates (subject to hydrolysis) is 1. The van der Waals surface area contributed by atoms with E-state index in [9.17, 15) is 19.2 Å². The zero-order valence-electron chi connectivity index (χ0n) is 26.0. The lowest BCUT2D eigenvalue weighted by molar-refractivity contribution is -0.147. The SMILES string of the molecule is CCOC(=O)[C@H](CCCCNC(=O)OCc1ccccc1)N[C@H]1CCc2ccccc2N(CC(=O)OCc2ccccc2)C1=O.Cl. The van der Waals surface area contributed by atoms with Gasteiger partial charge in [-0.3, -0.25) is 24.6 Å². The highest BCUT2D eigenvalue weighted by Crippen LogP contribution is 2.27. The van der Waals surface area contributed by atoms with Gasteiger partial charge in [0, 0.05) is 12.2 Å². The number of rotatable bonds is 15. The highest BCUT2D eigenvalue weighted by Gasteiger charge is 2.34. The third-order valence-corrected chi connectivity index (χ3v) is 7.45. The number of benzene rings is 3. The molecule has 1 heterocycles. The van der Waals surface area contributed by atoms with Crippen LogP contribution in [0.25, 0.3) is 0 Å². The van der Waals surface area contributed by atoms with E-state index in [1.807, 2.05) is 84.9 Å². The maximum Gasteiger partial charge on any atom is 0.407 e. The summed E-state index contributed by atoms with van der Waals surface area (Å²) in [6, 6.07) is 24.8. The van der Waals surface area contributed by atoms with Crippen LogP contribution in [0.2, 0.25) is 0 Å². The second kappa shape index (κ2) is 19.2. The Labute approximate surface area is 276 Å². The van der Waals surface area contributed by atoms with Crippen molar-refractivity contribution in [3.05, 3.63) is 102 Å². The number of fused-ring (bicyclic) bond motifs is 1. The minimum Gasteiger partial charge on any atom is -0.465 e. The first-order valence-electron chi connectivity index (χ1n) is 15.4. The molecule has 0 radical (unpaired) electrons. The quantitative estimate of drug-likeness (QED) is 0.132. The molecule has 11 heteroatoms. The second-order valence-corrected chi connectivity index (χ2v) is 10.7. The fraction of sp³-hybridized carbons (Fsp3) is 0.371. The minimum atomic E-state index is -0.739. The van der Waals surface area contributed by atoms with Crippen LogP contribution >= 0.6 is 12.4 Å². The van der Waals surface area contributed by atoms with E-state index in [0.717, 1.165) is 16.7 Å². The molecule has 3 aromatic carbocycles. The molecule has 0 bridgehead atoms. The molecule has 0 unspecified atom stereocenters. The summed E-state index contributed by atoms with van der Waals surface area (Å²) in [7, 11) is 0. The lowest BCUT2D eigenvalue weighted by atomic mass is 10.0. The number of nitrogens with zero attached hydrogens (tertiary/aromatic N) is 1. The first-order chi connectivity index (χ1) is 21.9. The summed E-state index contributed by atoms with van der Waals surface area (Å²) in [6.45, 7) is 2.35. The van der Waals surface area contributed by atoms with Gasteiger partial charge in [-0.05, 0) is 61.8 Å². The first-order valence-corrected chi connectivity index (χ1v) is 15.4. The molecule has 2 atom stereocenters. The molecule has 3 aromatic rings. The summed E-state index contributed by atoms with van der Waals surface area (Å²) < 4.78 is 16.0. The Morgan fingerprint density at radius 3 is 2.15 bits per heavy atom. The average molecular weight is 652 g/mol. The summed E-state index contributed by atoms with van der Waals surface area (Å²) in [5.41, 5.74) is 3.34. The number of amides is 2. The van der Waals surface area contributed by atoms with Crippen LogP contribution in [-0.2, 0) is 48.2 Å². The van der Waals surface area contributed by atoms with Crippen LogP contribution in [0.5, 0.6) is 0 Å². The monoisotopic (exact) mass is 651 g/mol. The fourth-order valence-electron chi connectivity index (χ4n) is 5.14. The molecule has 2 amide bonds. The van der Waals surface area contributed by atoms with Crippen LogP contribution in [0.3, 0.4) is 0 Å². The number of hydrogen-bond acceptors (Lipinski definition) is 8. The molecular weight excluding hydrogens is 610 g/mol. The van der Waals surface area contributed by atoms with Gasteiger partial charge in [0.15, 0.2) is 0 Å². The number of carbonyl (C=O) groups is 4. The Balaban J connectivity index is 0.00000576. The van der Waals surface area contributed by atoms with Gasteiger partial charge in [0.1, 0.15) is 25.8 Å². The number of nitrogens with one attached hydrogen (secondary N) is 2. The van der Waals surface area contributed by atoms with E-state index in [4.69, 9.17) is 14.2 Å². The molecule has 1 aliphatic rings. The summed E-state index contributed by atoms with van der Waals surface area (Å²) in [5, 5.41) is 5.96. The van der Waals surface area contributed by atoms with Gasteiger partial charge < -0.3 is 19.5 Å². The number of hydrogen-bond donors (Lipinski definition) is 2. The number of halogens is 1. The molecule has 0 fully saturated rings. The second-order valence-electron chi connectivity index (χ2n) is 10.7. The zero-order chi connectivity index (χ0) is 31.9. The number of para-hydroxylation sites is 1. The molecule has 4 rings (SSSR count). The topological polar surface area (TPSA) is 123 Å². The van der Waals surface area contributed by atoms with E-state index in [1.165, 1.54) is 4.90 Å². The highest BCUT2D eigenvalue weighted by molar-refractivity contribution is 6.02. The molecule has 246 valence electrons. The summed E-state index contributed by atoms with van der Waals surface area (Å²) in [6.07, 6.45) is 2.10. The van der Waals surface area contributed by atoms with Gasteiger partial charge in [0.25, 0.3) is 0 Å². The Kier molecular flexibility index (Phi) is 15.0. The Morgan fingerprint density at radius 2 is 1.48 bits per heavy atom. The van der Waals surface area contributed by atoms with E-state index in [-0.39, 0.29) is 44.7 Å². The normalized spacial score (nSPS) is 14.6. The molecule has 2 N–H and O–H groups in total. The first kappa shape index (κ1) is 36.1. The number of ether oxygens (including phenoxy) is 3. The van der Waals surface area contributed by atoms with Crippen LogP contribution < -0.4 is 15.5 Å². The standard InChI is InChI=1S/C35H41N3O7.ClH/c1-2-43-34(41)30(18-11-12-22-36-35(42)45-25-27-15-7-4-8-16-27)37-29-21-20-28-17-9-10-19-31(28)38(33(29)40)23-32(39)44-24-26-13-5-3-6-14-26;/h3-10,13-17,19,29-30,37H,2,11-12,18,20-25H2,1H3,(H,36,42);1H/t29-,30-;/m0./s1. The van der Waals surface area contributed by atoms with Crippen molar-refractivity contribution in [2.45, 2.75) is 64.3 Å².